The van der Waals surface area contributed by atoms with Gasteiger partial charge >= 0.3 is 0 Å². The van der Waals surface area contributed by atoms with E-state index in [0.717, 1.165) is 17.0 Å². The quantitative estimate of drug-likeness (QED) is 0.766. The Labute approximate surface area is 150 Å². The summed E-state index contributed by atoms with van der Waals surface area (Å²) in [6.45, 7) is 4.07. The van der Waals surface area contributed by atoms with Gasteiger partial charge in [0, 0.05) is 37.6 Å². The molecule has 2 aromatic heterocycles. The van der Waals surface area contributed by atoms with Crippen molar-refractivity contribution in [2.45, 2.75) is 20.4 Å². The fourth-order valence-electron chi connectivity index (χ4n) is 2.55. The number of rotatable bonds is 4. The molecule has 1 N–H and O–H groups in total. The highest BCUT2D eigenvalue weighted by Gasteiger charge is 2.15. The van der Waals surface area contributed by atoms with Crippen LogP contribution in [0.1, 0.15) is 37.9 Å². The van der Waals surface area contributed by atoms with E-state index in [2.05, 4.69) is 20.4 Å². The van der Waals surface area contributed by atoms with Gasteiger partial charge in [-0.05, 0) is 37.6 Å². The molecule has 0 aliphatic rings. The largest absolute Gasteiger partial charge is 0.345 e. The van der Waals surface area contributed by atoms with E-state index >= 15 is 0 Å². The summed E-state index contributed by atoms with van der Waals surface area (Å²) >= 11 is 0. The van der Waals surface area contributed by atoms with Crippen LogP contribution in [0.2, 0.25) is 0 Å². The molecule has 8 nitrogen and oxygen atoms in total. The van der Waals surface area contributed by atoms with Crippen molar-refractivity contribution in [1.82, 2.24) is 29.8 Å². The second kappa shape index (κ2) is 6.91. The average molecular weight is 352 g/mol. The molecule has 0 bridgehead atoms. The van der Waals surface area contributed by atoms with Crippen molar-refractivity contribution in [3.8, 4) is 0 Å². The first-order valence-electron chi connectivity index (χ1n) is 8.15. The van der Waals surface area contributed by atoms with Gasteiger partial charge in [0.2, 0.25) is 5.82 Å². The summed E-state index contributed by atoms with van der Waals surface area (Å²) in [6.07, 6.45) is 0. The van der Waals surface area contributed by atoms with Gasteiger partial charge in [-0.15, -0.1) is 5.10 Å². The van der Waals surface area contributed by atoms with Gasteiger partial charge in [-0.3, -0.25) is 9.59 Å². The lowest BCUT2D eigenvalue weighted by Crippen LogP contribution is -2.24. The zero-order valence-corrected chi connectivity index (χ0v) is 15.1. The molecule has 0 fully saturated rings. The Bertz CT molecular complexity index is 975. The number of aromatic nitrogens is 4. The maximum Gasteiger partial charge on any atom is 0.291 e. The first-order valence-corrected chi connectivity index (χ1v) is 8.15. The van der Waals surface area contributed by atoms with E-state index in [1.54, 1.807) is 30.7 Å². The van der Waals surface area contributed by atoms with E-state index in [4.69, 9.17) is 0 Å². The molecule has 0 unspecified atom stereocenters. The van der Waals surface area contributed by atoms with E-state index < -0.39 is 0 Å². The maximum atomic E-state index is 12.3. The van der Waals surface area contributed by atoms with Crippen molar-refractivity contribution >= 4 is 17.6 Å². The van der Waals surface area contributed by atoms with Gasteiger partial charge in [0.15, 0.2) is 0 Å². The van der Waals surface area contributed by atoms with Crippen LogP contribution in [0.15, 0.2) is 30.3 Å². The summed E-state index contributed by atoms with van der Waals surface area (Å²) in [5, 5.41) is 6.98. The lowest BCUT2D eigenvalue weighted by atomic mass is 10.1. The molecule has 1 aromatic carbocycles. The first kappa shape index (κ1) is 17.5. The normalized spacial score (nSPS) is 10.8. The predicted molar refractivity (Wildman–Crippen MR) is 95.9 cm³/mol. The van der Waals surface area contributed by atoms with E-state index in [0.29, 0.717) is 17.9 Å². The van der Waals surface area contributed by atoms with Crippen LogP contribution in [0.5, 0.6) is 0 Å². The number of carbonyl (C=O) groups is 2. The molecule has 0 aliphatic heterocycles. The number of carbonyl (C=O) groups excluding carboxylic acids is 2. The Balaban J connectivity index is 1.69. The zero-order valence-electron chi connectivity index (χ0n) is 15.1. The monoisotopic (exact) mass is 352 g/mol. The van der Waals surface area contributed by atoms with Gasteiger partial charge < -0.3 is 10.2 Å². The third-order valence-electron chi connectivity index (χ3n) is 3.88. The number of hydrogen-bond acceptors (Lipinski definition) is 5. The zero-order chi connectivity index (χ0) is 18.8. The Morgan fingerprint density at radius 3 is 2.46 bits per heavy atom. The molecule has 0 atom stereocenters. The number of nitrogens with one attached hydrogen (secondary N) is 1. The smallest absolute Gasteiger partial charge is 0.291 e. The molecular formula is C18H20N6O2. The third-order valence-corrected chi connectivity index (χ3v) is 3.88. The van der Waals surface area contributed by atoms with Gasteiger partial charge in [0.1, 0.15) is 0 Å². The molecule has 2 amide bonds. The van der Waals surface area contributed by atoms with Crippen molar-refractivity contribution in [3.63, 3.8) is 0 Å². The van der Waals surface area contributed by atoms with Crippen molar-refractivity contribution in [1.29, 1.82) is 0 Å². The molecule has 8 heteroatoms. The first-order chi connectivity index (χ1) is 12.3. The lowest BCUT2D eigenvalue weighted by Gasteiger charge is -2.10. The molecule has 0 radical (unpaired) electrons. The van der Waals surface area contributed by atoms with Gasteiger partial charge in [-0.25, -0.2) is 9.50 Å². The highest BCUT2D eigenvalue weighted by Crippen LogP contribution is 2.08. The van der Waals surface area contributed by atoms with Crippen LogP contribution in [-0.4, -0.2) is 50.4 Å². The number of aryl methyl sites for hydroxylation is 2. The fourth-order valence-corrected chi connectivity index (χ4v) is 2.55. The maximum absolute atomic E-state index is 12.3. The Hall–Kier alpha value is -3.29. The minimum absolute atomic E-state index is 0.0624. The Morgan fingerprint density at radius 2 is 1.81 bits per heavy atom. The van der Waals surface area contributed by atoms with Gasteiger partial charge in [0.05, 0.1) is 0 Å². The van der Waals surface area contributed by atoms with Crippen LogP contribution in [0.25, 0.3) is 5.78 Å². The number of amides is 2. The van der Waals surface area contributed by atoms with Crippen LogP contribution in [0.4, 0.5) is 0 Å². The number of benzene rings is 1. The second-order valence-corrected chi connectivity index (χ2v) is 6.27. The van der Waals surface area contributed by atoms with Gasteiger partial charge in [0.25, 0.3) is 17.6 Å². The van der Waals surface area contributed by atoms with Crippen molar-refractivity contribution < 1.29 is 9.59 Å². The van der Waals surface area contributed by atoms with Gasteiger partial charge in [-0.2, -0.15) is 4.98 Å². The lowest BCUT2D eigenvalue weighted by molar-refractivity contribution is 0.0827. The van der Waals surface area contributed by atoms with Crippen LogP contribution < -0.4 is 5.32 Å². The standard InChI is InChI=1S/C18H20N6O2/c1-11-9-12(2)24-18(20-11)21-15(22-24)16(25)19-10-13-5-7-14(8-6-13)17(26)23(3)4/h5-9H,10H2,1-4H3,(H,19,25). The molecule has 0 saturated heterocycles. The van der Waals surface area contributed by atoms with E-state index in [9.17, 15) is 9.59 Å². The van der Waals surface area contributed by atoms with Crippen LogP contribution in [-0.2, 0) is 6.54 Å². The van der Waals surface area contributed by atoms with Crippen molar-refractivity contribution in [3.05, 3.63) is 58.7 Å². The Kier molecular flexibility index (Phi) is 4.66. The summed E-state index contributed by atoms with van der Waals surface area (Å²) in [6, 6.07) is 8.97. The molecule has 26 heavy (non-hydrogen) atoms. The Morgan fingerprint density at radius 1 is 1.12 bits per heavy atom. The third kappa shape index (κ3) is 3.53. The molecule has 0 spiro atoms. The summed E-state index contributed by atoms with van der Waals surface area (Å²) < 4.78 is 1.55. The number of nitrogens with zero attached hydrogens (tertiary/aromatic N) is 5. The average Bonchev–Trinajstić information content (AvgIpc) is 3.04. The second-order valence-electron chi connectivity index (χ2n) is 6.27. The molecule has 2 heterocycles. The molecular weight excluding hydrogens is 332 g/mol. The van der Waals surface area contributed by atoms with Gasteiger partial charge in [-0.1, -0.05) is 12.1 Å². The number of fused-ring (bicyclic) bond motifs is 1. The van der Waals surface area contributed by atoms with E-state index in [1.807, 2.05) is 32.0 Å². The van der Waals surface area contributed by atoms with Crippen LogP contribution in [0, 0.1) is 13.8 Å². The molecule has 0 saturated carbocycles. The van der Waals surface area contributed by atoms with Crippen molar-refractivity contribution in [2.24, 2.45) is 0 Å². The fraction of sp³-hybridized carbons (Fsp3) is 0.278. The van der Waals surface area contributed by atoms with E-state index in [1.165, 1.54) is 4.90 Å². The SMILES string of the molecule is Cc1cc(C)n2nc(C(=O)NCc3ccc(C(=O)N(C)C)cc3)nc2n1. The molecule has 3 rings (SSSR count). The summed E-state index contributed by atoms with van der Waals surface area (Å²) in [5.41, 5.74) is 3.16. The molecule has 0 aliphatic carbocycles. The van der Waals surface area contributed by atoms with Crippen LogP contribution >= 0.6 is 0 Å². The molecule has 3 aromatic rings. The summed E-state index contributed by atoms with van der Waals surface area (Å²) in [5.74, 6) is 0.0402. The highest BCUT2D eigenvalue weighted by molar-refractivity contribution is 5.94. The van der Waals surface area contributed by atoms with Crippen LogP contribution in [0.3, 0.4) is 0 Å². The summed E-state index contributed by atoms with van der Waals surface area (Å²) in [4.78, 5) is 34.2. The predicted octanol–water partition coefficient (Wildman–Crippen LogP) is 1.37. The van der Waals surface area contributed by atoms with E-state index in [-0.39, 0.29) is 17.6 Å². The minimum Gasteiger partial charge on any atom is -0.345 e. The topological polar surface area (TPSA) is 92.5 Å². The summed E-state index contributed by atoms with van der Waals surface area (Å²) in [7, 11) is 3.41. The number of hydrogen-bond donors (Lipinski definition) is 1. The van der Waals surface area contributed by atoms with Crippen molar-refractivity contribution in [2.75, 3.05) is 14.1 Å². The highest BCUT2D eigenvalue weighted by atomic mass is 16.2. The minimum atomic E-state index is -0.374. The molecule has 134 valence electrons.